The third-order valence-corrected chi connectivity index (χ3v) is 3.58. The molecular formula is C20H17ClN2O5. The molecule has 8 heteroatoms. The largest absolute Gasteiger partial charge is 0.493 e. The van der Waals surface area contributed by atoms with E-state index in [-0.39, 0.29) is 6.61 Å². The molecule has 28 heavy (non-hydrogen) atoms. The fourth-order valence-corrected chi connectivity index (χ4v) is 2.32. The average Bonchev–Trinajstić information content (AvgIpc) is 2.69. The van der Waals surface area contributed by atoms with E-state index in [1.54, 1.807) is 42.5 Å². The van der Waals surface area contributed by atoms with E-state index in [9.17, 15) is 9.59 Å². The van der Waals surface area contributed by atoms with Gasteiger partial charge in [0, 0.05) is 16.8 Å². The highest BCUT2D eigenvalue weighted by Crippen LogP contribution is 2.28. The van der Waals surface area contributed by atoms with E-state index >= 15 is 0 Å². The van der Waals surface area contributed by atoms with Gasteiger partial charge in [0.2, 0.25) is 0 Å². The van der Waals surface area contributed by atoms with Crippen LogP contribution in [0.4, 0.5) is 5.69 Å². The van der Waals surface area contributed by atoms with E-state index in [0.717, 1.165) is 0 Å². The lowest BCUT2D eigenvalue weighted by molar-refractivity contribution is -0.142. The number of methoxy groups -OCH3 is 1. The van der Waals surface area contributed by atoms with Crippen molar-refractivity contribution in [3.63, 3.8) is 0 Å². The molecule has 0 unspecified atom stereocenters. The average molecular weight is 401 g/mol. The molecule has 1 N–H and O–H groups in total. The maximum atomic E-state index is 11.8. The highest BCUT2D eigenvalue weighted by Gasteiger charge is 2.07. The van der Waals surface area contributed by atoms with Crippen LogP contribution >= 0.6 is 11.6 Å². The Hall–Kier alpha value is -3.50. The number of rotatable bonds is 8. The molecule has 0 atom stereocenters. The molecule has 0 aliphatic heterocycles. The first-order valence-corrected chi connectivity index (χ1v) is 8.47. The van der Waals surface area contributed by atoms with Crippen LogP contribution < -0.4 is 14.8 Å². The summed E-state index contributed by atoms with van der Waals surface area (Å²) in [5.41, 5.74) is 1.16. The van der Waals surface area contributed by atoms with Gasteiger partial charge in [-0.1, -0.05) is 23.7 Å². The lowest BCUT2D eigenvalue weighted by atomic mass is 10.2. The predicted octanol–water partition coefficient (Wildman–Crippen LogP) is 3.45. The van der Waals surface area contributed by atoms with Crippen molar-refractivity contribution in [1.29, 1.82) is 5.26 Å². The van der Waals surface area contributed by atoms with Gasteiger partial charge >= 0.3 is 5.97 Å². The summed E-state index contributed by atoms with van der Waals surface area (Å²) < 4.78 is 15.3. The molecule has 0 fully saturated rings. The molecule has 0 aromatic heterocycles. The van der Waals surface area contributed by atoms with E-state index in [1.165, 1.54) is 19.3 Å². The number of nitrogens with zero attached hydrogens (tertiary/aromatic N) is 1. The lowest BCUT2D eigenvalue weighted by Gasteiger charge is -2.08. The second kappa shape index (κ2) is 10.6. The van der Waals surface area contributed by atoms with E-state index in [2.05, 4.69) is 5.32 Å². The quantitative estimate of drug-likeness (QED) is 0.538. The second-order valence-electron chi connectivity index (χ2n) is 5.36. The van der Waals surface area contributed by atoms with Gasteiger partial charge in [0.05, 0.1) is 7.11 Å². The number of carbonyl (C=O) groups excluding carboxylic acids is 2. The Bertz CT molecular complexity index is 921. The molecule has 0 aliphatic rings. The first-order valence-electron chi connectivity index (χ1n) is 8.10. The number of esters is 1. The minimum Gasteiger partial charge on any atom is -0.493 e. The van der Waals surface area contributed by atoms with Crippen molar-refractivity contribution in [3.8, 4) is 17.6 Å². The fourth-order valence-electron chi connectivity index (χ4n) is 2.13. The molecule has 0 aliphatic carbocycles. The van der Waals surface area contributed by atoms with Gasteiger partial charge in [-0.2, -0.15) is 5.26 Å². The van der Waals surface area contributed by atoms with Crippen molar-refractivity contribution in [2.75, 3.05) is 25.6 Å². The highest BCUT2D eigenvalue weighted by molar-refractivity contribution is 6.30. The summed E-state index contributed by atoms with van der Waals surface area (Å²) in [6, 6.07) is 13.4. The van der Waals surface area contributed by atoms with Crippen molar-refractivity contribution in [2.45, 2.75) is 0 Å². The third-order valence-electron chi connectivity index (χ3n) is 3.35. The number of nitrogens with one attached hydrogen (secondary N) is 1. The van der Waals surface area contributed by atoms with Crippen molar-refractivity contribution >= 4 is 35.2 Å². The van der Waals surface area contributed by atoms with Crippen LogP contribution in [-0.2, 0) is 14.3 Å². The summed E-state index contributed by atoms with van der Waals surface area (Å²) in [5, 5.41) is 11.6. The summed E-state index contributed by atoms with van der Waals surface area (Å²) in [7, 11) is 1.47. The molecule has 2 aromatic rings. The van der Waals surface area contributed by atoms with E-state index < -0.39 is 18.5 Å². The van der Waals surface area contributed by atoms with Crippen molar-refractivity contribution in [2.24, 2.45) is 0 Å². The number of ether oxygens (including phenoxy) is 3. The Morgan fingerprint density at radius 2 is 2.04 bits per heavy atom. The van der Waals surface area contributed by atoms with Gasteiger partial charge in [-0.15, -0.1) is 0 Å². The van der Waals surface area contributed by atoms with Crippen LogP contribution in [0.1, 0.15) is 5.56 Å². The van der Waals surface area contributed by atoms with Gasteiger partial charge in [0.1, 0.15) is 6.07 Å². The number of halogens is 1. The molecule has 0 bridgehead atoms. The summed E-state index contributed by atoms with van der Waals surface area (Å²) in [6.07, 6.45) is 2.70. The third kappa shape index (κ3) is 6.67. The summed E-state index contributed by atoms with van der Waals surface area (Å²) in [5.74, 6) is -0.317. The van der Waals surface area contributed by atoms with Gasteiger partial charge in [0.25, 0.3) is 5.91 Å². The number of carbonyl (C=O) groups is 2. The van der Waals surface area contributed by atoms with Gasteiger partial charge in [-0.25, -0.2) is 4.79 Å². The van der Waals surface area contributed by atoms with Crippen LogP contribution in [0.2, 0.25) is 5.02 Å². The van der Waals surface area contributed by atoms with Crippen LogP contribution in [0.25, 0.3) is 6.08 Å². The highest BCUT2D eigenvalue weighted by atomic mass is 35.5. The van der Waals surface area contributed by atoms with Crippen LogP contribution in [0.3, 0.4) is 0 Å². The SMILES string of the molecule is COc1cc(/C=C/C(=O)OCC(=O)Nc2cccc(Cl)c2)ccc1OCC#N. The molecule has 144 valence electrons. The molecule has 0 spiro atoms. The first-order chi connectivity index (χ1) is 13.5. The molecule has 7 nitrogen and oxygen atoms in total. The molecule has 0 saturated carbocycles. The van der Waals surface area contributed by atoms with Crippen LogP contribution in [0.15, 0.2) is 48.5 Å². The Morgan fingerprint density at radius 3 is 2.75 bits per heavy atom. The van der Waals surface area contributed by atoms with Gasteiger partial charge < -0.3 is 19.5 Å². The summed E-state index contributed by atoms with van der Waals surface area (Å²) >= 11 is 5.83. The minimum atomic E-state index is -0.676. The first kappa shape index (κ1) is 20.8. The van der Waals surface area contributed by atoms with Crippen LogP contribution in [-0.4, -0.2) is 32.2 Å². The minimum absolute atomic E-state index is 0.102. The zero-order valence-electron chi connectivity index (χ0n) is 15.0. The van der Waals surface area contributed by atoms with E-state index in [4.69, 9.17) is 31.1 Å². The molecule has 1 amide bonds. The monoisotopic (exact) mass is 400 g/mol. The van der Waals surface area contributed by atoms with E-state index in [0.29, 0.717) is 27.8 Å². The summed E-state index contributed by atoms with van der Waals surface area (Å²) in [6.45, 7) is -0.533. The molecule has 2 rings (SSSR count). The standard InChI is InChI=1S/C20H17ClN2O5/c1-26-18-11-14(5-7-17(18)27-10-9-22)6-8-20(25)28-13-19(24)23-16-4-2-3-15(21)12-16/h2-8,11-12H,10,13H2,1H3,(H,23,24)/b8-6+. The van der Waals surface area contributed by atoms with Gasteiger partial charge in [0.15, 0.2) is 24.7 Å². The second-order valence-corrected chi connectivity index (χ2v) is 5.79. The van der Waals surface area contributed by atoms with Crippen LogP contribution in [0, 0.1) is 11.3 Å². The molecule has 0 saturated heterocycles. The Balaban J connectivity index is 1.87. The topological polar surface area (TPSA) is 97.7 Å². The fraction of sp³-hybridized carbons (Fsp3) is 0.150. The molecule has 2 aromatic carbocycles. The summed E-state index contributed by atoms with van der Waals surface area (Å²) in [4.78, 5) is 23.6. The van der Waals surface area contributed by atoms with Crippen molar-refractivity contribution in [1.82, 2.24) is 0 Å². The smallest absolute Gasteiger partial charge is 0.331 e. The number of amides is 1. The lowest BCUT2D eigenvalue weighted by Crippen LogP contribution is -2.20. The molecule has 0 radical (unpaired) electrons. The maximum Gasteiger partial charge on any atom is 0.331 e. The maximum absolute atomic E-state index is 11.8. The number of anilines is 1. The number of benzene rings is 2. The number of nitriles is 1. The zero-order valence-corrected chi connectivity index (χ0v) is 15.7. The van der Waals surface area contributed by atoms with Crippen molar-refractivity contribution < 1.29 is 23.8 Å². The number of hydrogen-bond acceptors (Lipinski definition) is 6. The van der Waals surface area contributed by atoms with Gasteiger partial charge in [-0.05, 0) is 42.0 Å². The Morgan fingerprint density at radius 1 is 1.21 bits per heavy atom. The van der Waals surface area contributed by atoms with Crippen molar-refractivity contribution in [3.05, 3.63) is 59.1 Å². The Labute approximate surface area is 167 Å². The van der Waals surface area contributed by atoms with Crippen LogP contribution in [0.5, 0.6) is 11.5 Å². The predicted molar refractivity (Wildman–Crippen MR) is 104 cm³/mol. The zero-order chi connectivity index (χ0) is 20.4. The number of hydrogen-bond donors (Lipinski definition) is 1. The van der Waals surface area contributed by atoms with E-state index in [1.807, 2.05) is 6.07 Å². The van der Waals surface area contributed by atoms with Gasteiger partial charge in [-0.3, -0.25) is 4.79 Å². The Kier molecular flexibility index (Phi) is 7.88. The normalized spacial score (nSPS) is 10.2. The molecule has 0 heterocycles. The molecular weight excluding hydrogens is 384 g/mol.